The highest BCUT2D eigenvalue weighted by molar-refractivity contribution is 9.10. The van der Waals surface area contributed by atoms with Crippen LogP contribution in [0, 0.1) is 5.82 Å². The molecule has 0 saturated carbocycles. The third-order valence-electron chi connectivity index (χ3n) is 2.90. The average molecular weight is 364 g/mol. The fraction of sp³-hybridized carbons (Fsp3) is 0.125. The molecule has 114 valence electrons. The standard InChI is InChI=1S/C16H15BrFN3O/c1-11(20-14-8-6-13(17)7-9-14)16(22)21-19-10-12-4-2-3-5-15(12)18/h2-11,20H,1H3,(H,21,22)/b19-10-/t11-/m1/s1. The Kier molecular flexibility index (Phi) is 5.66. The van der Waals surface area contributed by atoms with E-state index < -0.39 is 6.04 Å². The second-order valence-corrected chi connectivity index (χ2v) is 5.54. The Morgan fingerprint density at radius 2 is 1.91 bits per heavy atom. The van der Waals surface area contributed by atoms with Crippen LogP contribution in [-0.2, 0) is 4.79 Å². The number of anilines is 1. The molecule has 2 aromatic rings. The Balaban J connectivity index is 1.89. The van der Waals surface area contributed by atoms with Gasteiger partial charge in [0.25, 0.3) is 5.91 Å². The van der Waals surface area contributed by atoms with Crippen molar-refractivity contribution in [3.63, 3.8) is 0 Å². The number of hydrogen-bond acceptors (Lipinski definition) is 3. The van der Waals surface area contributed by atoms with Crippen LogP contribution in [0.1, 0.15) is 12.5 Å². The molecule has 0 unspecified atom stereocenters. The SMILES string of the molecule is C[C@@H](Nc1ccc(Br)cc1)C(=O)N/N=C\c1ccccc1F. The van der Waals surface area contributed by atoms with E-state index in [1.54, 1.807) is 25.1 Å². The van der Waals surface area contributed by atoms with E-state index in [0.717, 1.165) is 10.2 Å². The summed E-state index contributed by atoms with van der Waals surface area (Å²) in [6.45, 7) is 1.72. The first-order valence-electron chi connectivity index (χ1n) is 6.66. The topological polar surface area (TPSA) is 53.5 Å². The minimum atomic E-state index is -0.473. The lowest BCUT2D eigenvalue weighted by Crippen LogP contribution is -2.34. The summed E-state index contributed by atoms with van der Waals surface area (Å²) in [4.78, 5) is 11.9. The average Bonchev–Trinajstić information content (AvgIpc) is 2.51. The van der Waals surface area contributed by atoms with Crippen LogP contribution in [0.2, 0.25) is 0 Å². The van der Waals surface area contributed by atoms with Gasteiger partial charge in [-0.2, -0.15) is 5.10 Å². The van der Waals surface area contributed by atoms with Crippen molar-refractivity contribution in [1.82, 2.24) is 5.43 Å². The van der Waals surface area contributed by atoms with Gasteiger partial charge in [0.05, 0.1) is 6.21 Å². The Bertz CT molecular complexity index is 673. The first kappa shape index (κ1) is 16.2. The van der Waals surface area contributed by atoms with Gasteiger partial charge in [-0.3, -0.25) is 4.79 Å². The van der Waals surface area contributed by atoms with Crippen molar-refractivity contribution in [3.8, 4) is 0 Å². The zero-order valence-electron chi connectivity index (χ0n) is 11.9. The molecule has 0 aliphatic carbocycles. The number of carbonyl (C=O) groups is 1. The predicted molar refractivity (Wildman–Crippen MR) is 89.4 cm³/mol. The van der Waals surface area contributed by atoms with Gasteiger partial charge in [-0.25, -0.2) is 9.82 Å². The molecule has 0 saturated heterocycles. The van der Waals surface area contributed by atoms with Crippen LogP contribution in [-0.4, -0.2) is 18.2 Å². The van der Waals surface area contributed by atoms with E-state index in [0.29, 0.717) is 5.56 Å². The maximum absolute atomic E-state index is 13.4. The molecular weight excluding hydrogens is 349 g/mol. The van der Waals surface area contributed by atoms with Crippen LogP contribution in [0.5, 0.6) is 0 Å². The van der Waals surface area contributed by atoms with Crippen LogP contribution in [0.25, 0.3) is 0 Å². The Hall–Kier alpha value is -2.21. The highest BCUT2D eigenvalue weighted by Gasteiger charge is 2.11. The second kappa shape index (κ2) is 7.70. The first-order chi connectivity index (χ1) is 10.6. The largest absolute Gasteiger partial charge is 0.374 e. The summed E-state index contributed by atoms with van der Waals surface area (Å²) < 4.78 is 14.3. The molecule has 0 aromatic heterocycles. The van der Waals surface area contributed by atoms with Crippen molar-refractivity contribution >= 4 is 33.7 Å². The van der Waals surface area contributed by atoms with Crippen molar-refractivity contribution < 1.29 is 9.18 Å². The number of hydrazone groups is 1. The minimum Gasteiger partial charge on any atom is -0.374 e. The predicted octanol–water partition coefficient (Wildman–Crippen LogP) is 3.54. The Morgan fingerprint density at radius 3 is 2.59 bits per heavy atom. The zero-order chi connectivity index (χ0) is 15.9. The number of carbonyl (C=O) groups excluding carboxylic acids is 1. The molecule has 0 heterocycles. The smallest absolute Gasteiger partial charge is 0.262 e. The van der Waals surface area contributed by atoms with E-state index in [1.807, 2.05) is 24.3 Å². The van der Waals surface area contributed by atoms with Crippen LogP contribution in [0.3, 0.4) is 0 Å². The summed E-state index contributed by atoms with van der Waals surface area (Å²) in [7, 11) is 0. The van der Waals surface area contributed by atoms with E-state index >= 15 is 0 Å². The summed E-state index contributed by atoms with van der Waals surface area (Å²) in [5.74, 6) is -0.697. The van der Waals surface area contributed by atoms with E-state index in [4.69, 9.17) is 0 Å². The molecule has 0 aliphatic heterocycles. The van der Waals surface area contributed by atoms with E-state index in [1.165, 1.54) is 12.3 Å². The molecule has 2 aromatic carbocycles. The van der Waals surface area contributed by atoms with Crippen molar-refractivity contribution in [2.45, 2.75) is 13.0 Å². The van der Waals surface area contributed by atoms with E-state index in [-0.39, 0.29) is 11.7 Å². The van der Waals surface area contributed by atoms with Crippen LogP contribution < -0.4 is 10.7 Å². The molecule has 6 heteroatoms. The lowest BCUT2D eigenvalue weighted by molar-refractivity contribution is -0.121. The summed E-state index contributed by atoms with van der Waals surface area (Å²) >= 11 is 3.35. The number of halogens is 2. The van der Waals surface area contributed by atoms with Gasteiger partial charge < -0.3 is 5.32 Å². The summed E-state index contributed by atoms with van der Waals surface area (Å²) in [6.07, 6.45) is 1.28. The van der Waals surface area contributed by atoms with Gasteiger partial charge in [0.15, 0.2) is 0 Å². The monoisotopic (exact) mass is 363 g/mol. The molecule has 22 heavy (non-hydrogen) atoms. The molecule has 0 radical (unpaired) electrons. The second-order valence-electron chi connectivity index (χ2n) is 4.63. The van der Waals surface area contributed by atoms with E-state index in [2.05, 4.69) is 31.8 Å². The number of rotatable bonds is 5. The molecule has 4 nitrogen and oxygen atoms in total. The van der Waals surface area contributed by atoms with Crippen molar-refractivity contribution in [3.05, 3.63) is 64.4 Å². The molecule has 0 fully saturated rings. The quantitative estimate of drug-likeness (QED) is 0.630. The lowest BCUT2D eigenvalue weighted by Gasteiger charge is -2.13. The van der Waals surface area contributed by atoms with Gasteiger partial charge in [0, 0.05) is 15.7 Å². The molecule has 0 spiro atoms. The molecule has 0 aliphatic rings. The number of benzene rings is 2. The highest BCUT2D eigenvalue weighted by atomic mass is 79.9. The third kappa shape index (κ3) is 4.66. The number of nitrogens with zero attached hydrogens (tertiary/aromatic N) is 1. The van der Waals surface area contributed by atoms with Crippen molar-refractivity contribution in [2.24, 2.45) is 5.10 Å². The molecule has 0 bridgehead atoms. The third-order valence-corrected chi connectivity index (χ3v) is 3.43. The number of hydrogen-bond donors (Lipinski definition) is 2. The summed E-state index contributed by atoms with van der Waals surface area (Å²) in [5.41, 5.74) is 3.52. The van der Waals surface area contributed by atoms with Crippen LogP contribution in [0.15, 0.2) is 58.1 Å². The molecule has 2 rings (SSSR count). The Morgan fingerprint density at radius 1 is 1.23 bits per heavy atom. The van der Waals surface area contributed by atoms with E-state index in [9.17, 15) is 9.18 Å². The Labute approximate surface area is 136 Å². The van der Waals surface area contributed by atoms with Gasteiger partial charge in [-0.05, 0) is 37.3 Å². The number of amides is 1. The van der Waals surface area contributed by atoms with Crippen molar-refractivity contribution in [1.29, 1.82) is 0 Å². The maximum atomic E-state index is 13.4. The van der Waals surface area contributed by atoms with Gasteiger partial charge in [0.2, 0.25) is 0 Å². The maximum Gasteiger partial charge on any atom is 0.262 e. The lowest BCUT2D eigenvalue weighted by atomic mass is 10.2. The summed E-state index contributed by atoms with van der Waals surface area (Å²) in [5, 5.41) is 6.82. The minimum absolute atomic E-state index is 0.310. The molecular formula is C16H15BrFN3O. The van der Waals surface area contributed by atoms with Gasteiger partial charge in [-0.1, -0.05) is 34.1 Å². The van der Waals surface area contributed by atoms with Gasteiger partial charge in [0.1, 0.15) is 11.9 Å². The van der Waals surface area contributed by atoms with Gasteiger partial charge in [-0.15, -0.1) is 0 Å². The first-order valence-corrected chi connectivity index (χ1v) is 7.45. The summed E-state index contributed by atoms with van der Waals surface area (Å²) in [6, 6.07) is 13.2. The highest BCUT2D eigenvalue weighted by Crippen LogP contribution is 2.14. The van der Waals surface area contributed by atoms with Crippen LogP contribution >= 0.6 is 15.9 Å². The normalized spacial score (nSPS) is 12.1. The van der Waals surface area contributed by atoms with Gasteiger partial charge >= 0.3 is 0 Å². The molecule has 1 atom stereocenters. The molecule has 1 amide bonds. The molecule has 2 N–H and O–H groups in total. The van der Waals surface area contributed by atoms with Crippen molar-refractivity contribution in [2.75, 3.05) is 5.32 Å². The fourth-order valence-electron chi connectivity index (χ4n) is 1.70. The zero-order valence-corrected chi connectivity index (χ0v) is 13.5. The van der Waals surface area contributed by atoms with Crippen LogP contribution in [0.4, 0.5) is 10.1 Å². The number of nitrogens with one attached hydrogen (secondary N) is 2. The fourth-order valence-corrected chi connectivity index (χ4v) is 1.97.